The Labute approximate surface area is 209 Å². The lowest BCUT2D eigenvalue weighted by Crippen LogP contribution is -2.40. The van der Waals surface area contributed by atoms with Gasteiger partial charge in [-0.25, -0.2) is 0 Å². The van der Waals surface area contributed by atoms with E-state index in [9.17, 15) is 9.59 Å². The molecule has 2 aliphatic heterocycles. The lowest BCUT2D eigenvalue weighted by Gasteiger charge is -2.31. The number of hydrogen-bond donors (Lipinski definition) is 1. The number of carbonyl (C=O) groups excluding carboxylic acids is 2. The van der Waals surface area contributed by atoms with E-state index >= 15 is 0 Å². The molecule has 8 nitrogen and oxygen atoms in total. The van der Waals surface area contributed by atoms with Crippen molar-refractivity contribution in [2.24, 2.45) is 5.92 Å². The fourth-order valence-electron chi connectivity index (χ4n) is 4.80. The van der Waals surface area contributed by atoms with Gasteiger partial charge in [0.25, 0.3) is 0 Å². The van der Waals surface area contributed by atoms with Gasteiger partial charge in [-0.15, -0.1) is 0 Å². The molecule has 0 aliphatic carbocycles. The van der Waals surface area contributed by atoms with Crippen molar-refractivity contribution in [2.75, 3.05) is 29.9 Å². The lowest BCUT2D eigenvalue weighted by molar-refractivity contribution is -0.121. The van der Waals surface area contributed by atoms with Gasteiger partial charge in [0.15, 0.2) is 0 Å². The highest BCUT2D eigenvalue weighted by molar-refractivity contribution is 6.33. The van der Waals surface area contributed by atoms with Gasteiger partial charge in [-0.3, -0.25) is 14.5 Å². The van der Waals surface area contributed by atoms with Crippen molar-refractivity contribution in [3.63, 3.8) is 0 Å². The van der Waals surface area contributed by atoms with Gasteiger partial charge < -0.3 is 14.7 Å². The van der Waals surface area contributed by atoms with Gasteiger partial charge in [0.1, 0.15) is 0 Å². The maximum atomic E-state index is 13.1. The maximum absolute atomic E-state index is 13.1. The molecule has 1 N–H and O–H groups in total. The first-order valence-corrected chi connectivity index (χ1v) is 12.4. The molecule has 3 aromatic rings. The molecule has 0 saturated carbocycles. The van der Waals surface area contributed by atoms with Crippen molar-refractivity contribution in [2.45, 2.75) is 39.2 Å². The van der Waals surface area contributed by atoms with Gasteiger partial charge in [0, 0.05) is 36.4 Å². The normalized spacial score (nSPS) is 18.7. The van der Waals surface area contributed by atoms with E-state index in [4.69, 9.17) is 16.1 Å². The molecule has 1 aromatic heterocycles. The summed E-state index contributed by atoms with van der Waals surface area (Å²) in [6.07, 6.45) is 3.17. The van der Waals surface area contributed by atoms with Crippen molar-refractivity contribution >= 4 is 34.8 Å². The molecule has 2 amide bonds. The molecule has 2 aromatic carbocycles. The third-order valence-electron chi connectivity index (χ3n) is 6.66. The smallest absolute Gasteiger partial charge is 0.241 e. The van der Waals surface area contributed by atoms with Crippen LogP contribution in [0.3, 0.4) is 0 Å². The average Bonchev–Trinajstić information content (AvgIpc) is 3.49. The van der Waals surface area contributed by atoms with E-state index in [0.717, 1.165) is 49.2 Å². The molecular formula is C26H28ClN5O3. The van der Waals surface area contributed by atoms with Crippen LogP contribution in [0.2, 0.25) is 5.02 Å². The molecule has 2 aliphatic rings. The highest BCUT2D eigenvalue weighted by Gasteiger charge is 2.28. The summed E-state index contributed by atoms with van der Waals surface area (Å²) in [4.78, 5) is 33.8. The molecular weight excluding hydrogens is 466 g/mol. The van der Waals surface area contributed by atoms with Crippen molar-refractivity contribution < 1.29 is 14.1 Å². The first kappa shape index (κ1) is 23.5. The molecule has 9 heteroatoms. The number of nitrogens with one attached hydrogen (secondary N) is 1. The van der Waals surface area contributed by atoms with Crippen LogP contribution in [-0.2, 0) is 16.1 Å². The van der Waals surface area contributed by atoms with Gasteiger partial charge in [-0.1, -0.05) is 35.0 Å². The Hall–Kier alpha value is -3.23. The van der Waals surface area contributed by atoms with Crippen LogP contribution in [0, 0.1) is 12.8 Å². The Bertz CT molecular complexity index is 1240. The molecule has 35 heavy (non-hydrogen) atoms. The highest BCUT2D eigenvalue weighted by atomic mass is 35.5. The highest BCUT2D eigenvalue weighted by Crippen LogP contribution is 2.29. The van der Waals surface area contributed by atoms with Crippen LogP contribution >= 0.6 is 11.6 Å². The van der Waals surface area contributed by atoms with Gasteiger partial charge in [0.05, 0.1) is 17.5 Å². The molecule has 3 heterocycles. The van der Waals surface area contributed by atoms with Crippen molar-refractivity contribution in [3.8, 4) is 11.4 Å². The van der Waals surface area contributed by atoms with Crippen molar-refractivity contribution in [3.05, 3.63) is 58.9 Å². The van der Waals surface area contributed by atoms with E-state index < -0.39 is 0 Å². The van der Waals surface area contributed by atoms with E-state index in [2.05, 4.69) is 20.4 Å². The van der Waals surface area contributed by atoms with E-state index in [1.807, 2.05) is 48.2 Å². The number of hydrogen-bond acceptors (Lipinski definition) is 6. The van der Waals surface area contributed by atoms with Gasteiger partial charge >= 0.3 is 0 Å². The summed E-state index contributed by atoms with van der Waals surface area (Å²) >= 11 is 6.25. The van der Waals surface area contributed by atoms with Gasteiger partial charge in [0.2, 0.25) is 23.5 Å². The second kappa shape index (κ2) is 10.2. The topological polar surface area (TPSA) is 91.6 Å². The number of piperidine rings is 1. The number of amides is 2. The summed E-state index contributed by atoms with van der Waals surface area (Å²) in [7, 11) is 0. The number of nitrogens with zero attached hydrogens (tertiary/aromatic N) is 4. The SMILES string of the molecule is Cc1ccc(NC(=O)C2CCCN(Cc3nc(-c4ccccc4Cl)no3)C2)cc1N1CCCC1=O. The van der Waals surface area contributed by atoms with Crippen LogP contribution in [-0.4, -0.2) is 46.5 Å². The van der Waals surface area contributed by atoms with Gasteiger partial charge in [-0.05, 0) is 62.6 Å². The summed E-state index contributed by atoms with van der Waals surface area (Å²) in [5, 5.41) is 7.71. The number of rotatable bonds is 6. The minimum atomic E-state index is -0.145. The first-order valence-electron chi connectivity index (χ1n) is 12.0. The van der Waals surface area contributed by atoms with Crippen LogP contribution in [0.1, 0.15) is 37.1 Å². The zero-order valence-electron chi connectivity index (χ0n) is 19.7. The molecule has 0 bridgehead atoms. The molecule has 5 rings (SSSR count). The van der Waals surface area contributed by atoms with E-state index in [1.165, 1.54) is 0 Å². The predicted molar refractivity (Wildman–Crippen MR) is 134 cm³/mol. The molecule has 2 saturated heterocycles. The summed E-state index contributed by atoms with van der Waals surface area (Å²) < 4.78 is 5.46. The number of aryl methyl sites for hydroxylation is 1. The summed E-state index contributed by atoms with van der Waals surface area (Å²) in [6.45, 7) is 4.66. The zero-order chi connectivity index (χ0) is 24.4. The lowest BCUT2D eigenvalue weighted by atomic mass is 9.97. The number of aromatic nitrogens is 2. The van der Waals surface area contributed by atoms with Crippen molar-refractivity contribution in [1.29, 1.82) is 0 Å². The number of likely N-dealkylation sites (tertiary alicyclic amines) is 1. The molecule has 0 radical (unpaired) electrons. The predicted octanol–water partition coefficient (Wildman–Crippen LogP) is 4.68. The molecule has 1 atom stereocenters. The van der Waals surface area contributed by atoms with E-state index in [-0.39, 0.29) is 17.7 Å². The average molecular weight is 494 g/mol. The van der Waals surface area contributed by atoms with Crippen LogP contribution in [0.25, 0.3) is 11.4 Å². The van der Waals surface area contributed by atoms with Crippen molar-refractivity contribution in [1.82, 2.24) is 15.0 Å². The summed E-state index contributed by atoms with van der Waals surface area (Å²) in [5.74, 6) is 0.939. The van der Waals surface area contributed by atoms with Crippen LogP contribution in [0.4, 0.5) is 11.4 Å². The number of benzene rings is 2. The fraction of sp³-hybridized carbons (Fsp3) is 0.385. The third kappa shape index (κ3) is 5.23. The number of carbonyl (C=O) groups is 2. The zero-order valence-corrected chi connectivity index (χ0v) is 20.4. The number of anilines is 2. The molecule has 1 unspecified atom stereocenters. The Morgan fingerprint density at radius 1 is 1.20 bits per heavy atom. The number of halogens is 1. The minimum absolute atomic E-state index is 0.0143. The fourth-order valence-corrected chi connectivity index (χ4v) is 5.02. The van der Waals surface area contributed by atoms with Gasteiger partial charge in [-0.2, -0.15) is 4.98 Å². The Balaban J connectivity index is 1.22. The monoisotopic (exact) mass is 493 g/mol. The summed E-state index contributed by atoms with van der Waals surface area (Å²) in [6, 6.07) is 13.1. The molecule has 0 spiro atoms. The third-order valence-corrected chi connectivity index (χ3v) is 6.99. The van der Waals surface area contributed by atoms with E-state index in [1.54, 1.807) is 6.07 Å². The Morgan fingerprint density at radius 3 is 2.86 bits per heavy atom. The minimum Gasteiger partial charge on any atom is -0.338 e. The Morgan fingerprint density at radius 2 is 2.06 bits per heavy atom. The molecule has 2 fully saturated rings. The van der Waals surface area contributed by atoms with E-state index in [0.29, 0.717) is 41.9 Å². The second-order valence-corrected chi connectivity index (χ2v) is 9.61. The molecule has 182 valence electrons. The Kier molecular flexibility index (Phi) is 6.83. The van der Waals surface area contributed by atoms with Crippen LogP contribution < -0.4 is 10.2 Å². The second-order valence-electron chi connectivity index (χ2n) is 9.21. The van der Waals surface area contributed by atoms with Crippen LogP contribution in [0.5, 0.6) is 0 Å². The summed E-state index contributed by atoms with van der Waals surface area (Å²) in [5.41, 5.74) is 3.35. The quantitative estimate of drug-likeness (QED) is 0.536. The standard InChI is InChI=1S/C26H28ClN5O3/c1-17-10-11-19(14-22(17)32-13-5-9-24(32)33)28-26(34)18-6-4-12-31(15-18)16-23-29-25(30-35-23)20-7-2-3-8-21(20)27/h2-3,7-8,10-11,14,18H,4-6,9,12-13,15-16H2,1H3,(H,28,34). The van der Waals surface area contributed by atoms with Crippen LogP contribution in [0.15, 0.2) is 47.0 Å². The largest absolute Gasteiger partial charge is 0.338 e. The maximum Gasteiger partial charge on any atom is 0.241 e. The first-order chi connectivity index (χ1) is 17.0.